The third kappa shape index (κ3) is 1.92. The molecule has 0 amide bonds. The maximum atomic E-state index is 10.9. The number of aryl methyl sites for hydroxylation is 1. The highest BCUT2D eigenvalue weighted by Gasteiger charge is 2.26. The number of aromatic nitrogens is 1. The third-order valence-corrected chi connectivity index (χ3v) is 3.66. The van der Waals surface area contributed by atoms with Crippen LogP contribution in [0.1, 0.15) is 39.6 Å². The van der Waals surface area contributed by atoms with Crippen LogP contribution in [-0.4, -0.2) is 16.1 Å². The number of carbonyl (C=O) groups is 1. The molecule has 1 aromatic heterocycles. The summed E-state index contributed by atoms with van der Waals surface area (Å²) in [6, 6.07) is 12.1. The first kappa shape index (κ1) is 11.1. The van der Waals surface area contributed by atoms with E-state index in [4.69, 9.17) is 5.11 Å². The molecule has 0 radical (unpaired) electrons. The van der Waals surface area contributed by atoms with Crippen LogP contribution in [0.25, 0.3) is 0 Å². The van der Waals surface area contributed by atoms with E-state index < -0.39 is 5.97 Å². The summed E-state index contributed by atoms with van der Waals surface area (Å²) in [7, 11) is 0. The zero-order chi connectivity index (χ0) is 12.5. The van der Waals surface area contributed by atoms with Crippen LogP contribution in [0.3, 0.4) is 0 Å². The van der Waals surface area contributed by atoms with Crippen LogP contribution in [0.2, 0.25) is 0 Å². The molecule has 0 bridgehead atoms. The van der Waals surface area contributed by atoms with Gasteiger partial charge in [-0.15, -0.1) is 0 Å². The van der Waals surface area contributed by atoms with E-state index in [0.717, 1.165) is 25.0 Å². The molecule has 1 atom stereocenters. The first-order chi connectivity index (χ1) is 8.74. The fraction of sp³-hybridized carbons (Fsp3) is 0.267. The largest absolute Gasteiger partial charge is 0.477 e. The number of hydrogen-bond donors (Lipinski definition) is 2. The molecule has 1 aromatic carbocycles. The van der Waals surface area contributed by atoms with Crippen molar-refractivity contribution in [2.45, 2.75) is 25.2 Å². The van der Waals surface area contributed by atoms with Gasteiger partial charge in [-0.1, -0.05) is 30.3 Å². The lowest BCUT2D eigenvalue weighted by Gasteiger charge is -2.10. The van der Waals surface area contributed by atoms with Crippen molar-refractivity contribution >= 4 is 5.97 Å². The summed E-state index contributed by atoms with van der Waals surface area (Å²) in [5, 5.41) is 8.99. The Morgan fingerprint density at radius 3 is 2.83 bits per heavy atom. The second-order valence-electron chi connectivity index (χ2n) is 4.85. The number of benzene rings is 1. The van der Waals surface area contributed by atoms with E-state index in [1.165, 1.54) is 11.1 Å². The summed E-state index contributed by atoms with van der Waals surface area (Å²) in [4.78, 5) is 14.0. The Morgan fingerprint density at radius 1 is 1.33 bits per heavy atom. The van der Waals surface area contributed by atoms with E-state index in [-0.39, 0.29) is 0 Å². The molecule has 3 heteroatoms. The van der Waals surface area contributed by atoms with Crippen molar-refractivity contribution in [3.8, 4) is 0 Å². The highest BCUT2D eigenvalue weighted by Crippen LogP contribution is 2.35. The lowest BCUT2D eigenvalue weighted by molar-refractivity contribution is 0.0691. The van der Waals surface area contributed by atoms with Crippen LogP contribution in [-0.2, 0) is 12.8 Å². The number of rotatable bonds is 3. The van der Waals surface area contributed by atoms with Gasteiger partial charge in [-0.2, -0.15) is 0 Å². The number of H-pyrrole nitrogens is 1. The van der Waals surface area contributed by atoms with Gasteiger partial charge in [0.1, 0.15) is 5.69 Å². The number of carboxylic acid groups (broad SMARTS) is 1. The molecule has 1 aliphatic carbocycles. The average Bonchev–Trinajstić information content (AvgIpc) is 2.93. The molecule has 2 N–H and O–H groups in total. The van der Waals surface area contributed by atoms with E-state index >= 15 is 0 Å². The maximum Gasteiger partial charge on any atom is 0.352 e. The van der Waals surface area contributed by atoms with Crippen LogP contribution < -0.4 is 0 Å². The number of fused-ring (bicyclic) bond motifs is 1. The fourth-order valence-corrected chi connectivity index (χ4v) is 2.78. The van der Waals surface area contributed by atoms with Crippen molar-refractivity contribution in [1.29, 1.82) is 0 Å². The van der Waals surface area contributed by atoms with Gasteiger partial charge in [0.25, 0.3) is 0 Å². The average molecular weight is 241 g/mol. The van der Waals surface area contributed by atoms with Crippen molar-refractivity contribution < 1.29 is 9.90 Å². The molecule has 92 valence electrons. The summed E-state index contributed by atoms with van der Waals surface area (Å²) < 4.78 is 0. The first-order valence-corrected chi connectivity index (χ1v) is 6.23. The van der Waals surface area contributed by atoms with Gasteiger partial charge in [0, 0.05) is 11.6 Å². The zero-order valence-corrected chi connectivity index (χ0v) is 10.0. The van der Waals surface area contributed by atoms with Gasteiger partial charge >= 0.3 is 5.97 Å². The topological polar surface area (TPSA) is 53.1 Å². The molecule has 3 nitrogen and oxygen atoms in total. The van der Waals surface area contributed by atoms with Crippen LogP contribution in [0.15, 0.2) is 36.4 Å². The van der Waals surface area contributed by atoms with Gasteiger partial charge in [-0.3, -0.25) is 0 Å². The minimum Gasteiger partial charge on any atom is -0.477 e. The van der Waals surface area contributed by atoms with Crippen LogP contribution in [0.5, 0.6) is 0 Å². The second-order valence-corrected chi connectivity index (χ2v) is 4.85. The smallest absolute Gasteiger partial charge is 0.352 e. The minimum atomic E-state index is -0.872. The van der Waals surface area contributed by atoms with E-state index in [1.807, 2.05) is 18.2 Å². The van der Waals surface area contributed by atoms with Crippen LogP contribution in [0.4, 0.5) is 0 Å². The summed E-state index contributed by atoms with van der Waals surface area (Å²) in [5.74, 6) is -0.446. The van der Waals surface area contributed by atoms with E-state index in [2.05, 4.69) is 17.1 Å². The Balaban J connectivity index is 1.84. The molecule has 0 unspecified atom stereocenters. The number of nitrogens with one attached hydrogen (secondary N) is 1. The Labute approximate surface area is 105 Å². The van der Waals surface area contributed by atoms with E-state index in [9.17, 15) is 4.79 Å². The molecular weight excluding hydrogens is 226 g/mol. The Kier molecular flexibility index (Phi) is 2.67. The Hall–Kier alpha value is -2.03. The van der Waals surface area contributed by atoms with Crippen molar-refractivity contribution in [2.24, 2.45) is 0 Å². The number of carboxylic acids is 1. The van der Waals surface area contributed by atoms with Gasteiger partial charge in [0.15, 0.2) is 0 Å². The summed E-state index contributed by atoms with van der Waals surface area (Å²) in [5.41, 5.74) is 3.92. The lowest BCUT2D eigenvalue weighted by Crippen LogP contribution is -2.02. The highest BCUT2D eigenvalue weighted by atomic mass is 16.4. The quantitative estimate of drug-likeness (QED) is 0.868. The van der Waals surface area contributed by atoms with E-state index in [0.29, 0.717) is 11.6 Å². The maximum absolute atomic E-state index is 10.9. The monoisotopic (exact) mass is 241 g/mol. The molecule has 0 saturated heterocycles. The Morgan fingerprint density at radius 2 is 2.11 bits per heavy atom. The van der Waals surface area contributed by atoms with Crippen LogP contribution >= 0.6 is 0 Å². The van der Waals surface area contributed by atoms with Crippen LogP contribution in [0, 0.1) is 0 Å². The molecule has 1 heterocycles. The third-order valence-electron chi connectivity index (χ3n) is 3.66. The van der Waals surface area contributed by atoms with Crippen molar-refractivity contribution in [2.75, 3.05) is 0 Å². The molecule has 1 aliphatic rings. The zero-order valence-electron chi connectivity index (χ0n) is 10.0. The lowest BCUT2D eigenvalue weighted by atomic mass is 9.97. The van der Waals surface area contributed by atoms with E-state index in [1.54, 1.807) is 6.07 Å². The normalized spacial score (nSPS) is 17.7. The molecule has 0 aliphatic heterocycles. The predicted molar refractivity (Wildman–Crippen MR) is 69.0 cm³/mol. The summed E-state index contributed by atoms with van der Waals surface area (Å²) in [6.45, 7) is 0. The molecule has 0 spiro atoms. The van der Waals surface area contributed by atoms with Crippen molar-refractivity contribution in [1.82, 2.24) is 4.98 Å². The SMILES string of the molecule is O=C(O)c1cc2c([nH]1)[C@H](Cc1ccccc1)CC2. The predicted octanol–water partition coefficient (Wildman–Crippen LogP) is 2.99. The molecule has 0 saturated carbocycles. The number of aromatic amines is 1. The number of hydrogen-bond acceptors (Lipinski definition) is 1. The second kappa shape index (κ2) is 4.33. The minimum absolute atomic E-state index is 0.317. The molecule has 18 heavy (non-hydrogen) atoms. The fourth-order valence-electron chi connectivity index (χ4n) is 2.78. The van der Waals surface area contributed by atoms with Gasteiger partial charge in [-0.25, -0.2) is 4.79 Å². The standard InChI is InChI=1S/C15H15NO2/c17-15(18)13-9-12-7-6-11(14(12)16-13)8-10-4-2-1-3-5-10/h1-5,9,11,16H,6-8H2,(H,17,18)/t11-/m0/s1. The van der Waals surface area contributed by atoms with Crippen molar-refractivity contribution in [3.63, 3.8) is 0 Å². The highest BCUT2D eigenvalue weighted by molar-refractivity contribution is 5.86. The van der Waals surface area contributed by atoms with Gasteiger partial charge < -0.3 is 10.1 Å². The summed E-state index contributed by atoms with van der Waals surface area (Å²) in [6.07, 6.45) is 3.07. The van der Waals surface area contributed by atoms with Gasteiger partial charge in [0.05, 0.1) is 0 Å². The Bertz CT molecular complexity index is 571. The van der Waals surface area contributed by atoms with Crippen molar-refractivity contribution in [3.05, 3.63) is 58.9 Å². The molecule has 2 aromatic rings. The summed E-state index contributed by atoms with van der Waals surface area (Å²) >= 11 is 0. The number of aromatic carboxylic acids is 1. The first-order valence-electron chi connectivity index (χ1n) is 6.23. The molecule has 0 fully saturated rings. The van der Waals surface area contributed by atoms with Gasteiger partial charge in [0.2, 0.25) is 0 Å². The van der Waals surface area contributed by atoms with Gasteiger partial charge in [-0.05, 0) is 36.5 Å². The molecule has 3 rings (SSSR count). The molecular formula is C15H15NO2.